The topological polar surface area (TPSA) is 73.2 Å². The monoisotopic (exact) mass is 451 g/mol. The standard InChI is InChI=1S/C18H15FIN3O2/c19-11-7-12(8-21)23(10-11)17(24)9-22-18(25)15-5-1-4-14-13(15)3-2-6-16(14)20/h1-6,11-12H,7,9-10H2,(H,22,25)/t11?,12-/m0/s1. The number of hydrogen-bond donors (Lipinski definition) is 1. The number of carbonyl (C=O) groups is 2. The smallest absolute Gasteiger partial charge is 0.252 e. The third kappa shape index (κ3) is 3.58. The molecule has 0 aromatic heterocycles. The zero-order chi connectivity index (χ0) is 18.0. The lowest BCUT2D eigenvalue weighted by atomic mass is 10.0. The van der Waals surface area contributed by atoms with E-state index in [1.165, 1.54) is 4.90 Å². The Labute approximate surface area is 157 Å². The number of hydrogen-bond acceptors (Lipinski definition) is 3. The van der Waals surface area contributed by atoms with Gasteiger partial charge < -0.3 is 10.2 Å². The molecule has 1 N–H and O–H groups in total. The van der Waals surface area contributed by atoms with Crippen LogP contribution in [0, 0.1) is 14.9 Å². The second-order valence-electron chi connectivity index (χ2n) is 5.85. The third-order valence-electron chi connectivity index (χ3n) is 4.23. The van der Waals surface area contributed by atoms with Gasteiger partial charge in [0.05, 0.1) is 19.2 Å². The third-order valence-corrected chi connectivity index (χ3v) is 5.17. The molecule has 128 valence electrons. The number of alkyl halides is 1. The summed E-state index contributed by atoms with van der Waals surface area (Å²) in [6.07, 6.45) is -1.16. The van der Waals surface area contributed by atoms with Crippen LogP contribution in [0.25, 0.3) is 10.8 Å². The predicted molar refractivity (Wildman–Crippen MR) is 99.6 cm³/mol. The summed E-state index contributed by atoms with van der Waals surface area (Å²) in [7, 11) is 0. The fraction of sp³-hybridized carbons (Fsp3) is 0.278. The highest BCUT2D eigenvalue weighted by atomic mass is 127. The van der Waals surface area contributed by atoms with Crippen molar-refractivity contribution >= 4 is 45.2 Å². The average Bonchev–Trinajstić information content (AvgIpc) is 3.00. The SMILES string of the molecule is N#C[C@@H]1CC(F)CN1C(=O)CNC(=O)c1cccc2c(I)cccc12. The number of nitrogens with zero attached hydrogens (tertiary/aromatic N) is 2. The zero-order valence-electron chi connectivity index (χ0n) is 13.2. The summed E-state index contributed by atoms with van der Waals surface area (Å²) in [5.41, 5.74) is 0.477. The van der Waals surface area contributed by atoms with Crippen molar-refractivity contribution in [3.63, 3.8) is 0 Å². The summed E-state index contributed by atoms with van der Waals surface area (Å²) < 4.78 is 14.4. The molecular formula is C18H15FIN3O2. The summed E-state index contributed by atoms with van der Waals surface area (Å²) in [5, 5.41) is 13.4. The summed E-state index contributed by atoms with van der Waals surface area (Å²) in [6.45, 7) is -0.358. The molecule has 25 heavy (non-hydrogen) atoms. The van der Waals surface area contributed by atoms with Gasteiger partial charge in [0.25, 0.3) is 5.91 Å². The number of nitrogens with one attached hydrogen (secondary N) is 1. The van der Waals surface area contributed by atoms with Gasteiger partial charge >= 0.3 is 0 Å². The molecule has 5 nitrogen and oxygen atoms in total. The van der Waals surface area contributed by atoms with Crippen LogP contribution < -0.4 is 5.32 Å². The quantitative estimate of drug-likeness (QED) is 0.730. The minimum atomic E-state index is -1.19. The van der Waals surface area contributed by atoms with Crippen molar-refractivity contribution < 1.29 is 14.0 Å². The van der Waals surface area contributed by atoms with Gasteiger partial charge in [0.1, 0.15) is 12.2 Å². The first kappa shape index (κ1) is 17.6. The molecule has 2 aromatic carbocycles. The maximum atomic E-state index is 13.4. The molecule has 1 fully saturated rings. The first-order chi connectivity index (χ1) is 12.0. The van der Waals surface area contributed by atoms with Crippen molar-refractivity contribution in [1.82, 2.24) is 10.2 Å². The normalized spacial score (nSPS) is 19.6. The molecule has 1 unspecified atom stereocenters. The molecule has 1 saturated heterocycles. The van der Waals surface area contributed by atoms with Crippen LogP contribution in [0.5, 0.6) is 0 Å². The van der Waals surface area contributed by atoms with Gasteiger partial charge in [0.15, 0.2) is 0 Å². The van der Waals surface area contributed by atoms with Crippen molar-refractivity contribution in [3.8, 4) is 6.07 Å². The van der Waals surface area contributed by atoms with Crippen molar-refractivity contribution in [2.24, 2.45) is 0 Å². The number of likely N-dealkylation sites (tertiary alicyclic amines) is 1. The molecular weight excluding hydrogens is 436 g/mol. The fourth-order valence-corrected chi connectivity index (χ4v) is 3.68. The zero-order valence-corrected chi connectivity index (χ0v) is 15.4. The van der Waals surface area contributed by atoms with Gasteiger partial charge in [-0.05, 0) is 45.5 Å². The minimum absolute atomic E-state index is 0.0257. The van der Waals surface area contributed by atoms with Crippen LogP contribution in [-0.4, -0.2) is 42.0 Å². The molecule has 0 bridgehead atoms. The van der Waals surface area contributed by atoms with Crippen molar-refractivity contribution in [2.75, 3.05) is 13.1 Å². The first-order valence-electron chi connectivity index (χ1n) is 7.80. The van der Waals surface area contributed by atoms with E-state index in [9.17, 15) is 14.0 Å². The van der Waals surface area contributed by atoms with E-state index in [0.29, 0.717) is 5.56 Å². The average molecular weight is 451 g/mol. The van der Waals surface area contributed by atoms with E-state index >= 15 is 0 Å². The Morgan fingerprint density at radius 3 is 2.76 bits per heavy atom. The van der Waals surface area contributed by atoms with Crippen LogP contribution in [0.1, 0.15) is 16.8 Å². The van der Waals surface area contributed by atoms with E-state index in [-0.39, 0.29) is 25.4 Å². The van der Waals surface area contributed by atoms with Crippen molar-refractivity contribution in [3.05, 3.63) is 45.5 Å². The van der Waals surface area contributed by atoms with E-state index in [0.717, 1.165) is 14.3 Å². The second-order valence-corrected chi connectivity index (χ2v) is 7.01. The van der Waals surface area contributed by atoms with E-state index in [1.54, 1.807) is 12.1 Å². The van der Waals surface area contributed by atoms with Crippen LogP contribution in [0.3, 0.4) is 0 Å². The summed E-state index contributed by atoms with van der Waals surface area (Å²) in [4.78, 5) is 25.9. The summed E-state index contributed by atoms with van der Waals surface area (Å²) in [5.74, 6) is -0.819. The van der Waals surface area contributed by atoms with Crippen LogP contribution >= 0.6 is 22.6 Å². The van der Waals surface area contributed by atoms with Crippen LogP contribution in [-0.2, 0) is 4.79 Å². The van der Waals surface area contributed by atoms with Gasteiger partial charge in [0.2, 0.25) is 5.91 Å². The number of rotatable bonds is 3. The summed E-state index contributed by atoms with van der Waals surface area (Å²) in [6, 6.07) is 12.3. The molecule has 2 atom stereocenters. The maximum absolute atomic E-state index is 13.4. The molecule has 0 aliphatic carbocycles. The largest absolute Gasteiger partial charge is 0.343 e. The fourth-order valence-electron chi connectivity index (χ4n) is 3.01. The molecule has 1 heterocycles. The van der Waals surface area contributed by atoms with Gasteiger partial charge in [-0.2, -0.15) is 5.26 Å². The molecule has 0 saturated carbocycles. The molecule has 2 amide bonds. The number of halogens is 2. The van der Waals surface area contributed by atoms with Crippen molar-refractivity contribution in [2.45, 2.75) is 18.6 Å². The first-order valence-corrected chi connectivity index (χ1v) is 8.87. The van der Waals surface area contributed by atoms with Gasteiger partial charge in [0, 0.05) is 15.6 Å². The number of benzene rings is 2. The van der Waals surface area contributed by atoms with Gasteiger partial charge in [-0.15, -0.1) is 0 Å². The molecule has 7 heteroatoms. The predicted octanol–water partition coefficient (Wildman–Crippen LogP) is 2.64. The molecule has 1 aliphatic rings. The highest BCUT2D eigenvalue weighted by Gasteiger charge is 2.35. The Morgan fingerprint density at radius 2 is 2.00 bits per heavy atom. The molecule has 1 aliphatic heterocycles. The lowest BCUT2D eigenvalue weighted by Gasteiger charge is -2.19. The number of amides is 2. The van der Waals surface area contributed by atoms with E-state index in [4.69, 9.17) is 5.26 Å². The van der Waals surface area contributed by atoms with E-state index in [2.05, 4.69) is 27.9 Å². The lowest BCUT2D eigenvalue weighted by Crippen LogP contribution is -2.42. The van der Waals surface area contributed by atoms with E-state index in [1.807, 2.05) is 30.3 Å². The van der Waals surface area contributed by atoms with E-state index < -0.39 is 18.1 Å². The Balaban J connectivity index is 1.73. The Morgan fingerprint density at radius 1 is 1.28 bits per heavy atom. The number of carbonyl (C=O) groups excluding carboxylic acids is 2. The Hall–Kier alpha value is -2.21. The molecule has 2 aromatic rings. The highest BCUT2D eigenvalue weighted by molar-refractivity contribution is 14.1. The van der Waals surface area contributed by atoms with Crippen LogP contribution in [0.2, 0.25) is 0 Å². The molecule has 0 radical (unpaired) electrons. The Kier molecular flexibility index (Phi) is 5.18. The van der Waals surface area contributed by atoms with Gasteiger partial charge in [-0.1, -0.05) is 24.3 Å². The summed E-state index contributed by atoms with van der Waals surface area (Å²) >= 11 is 2.21. The van der Waals surface area contributed by atoms with Gasteiger partial charge in [-0.25, -0.2) is 4.39 Å². The maximum Gasteiger partial charge on any atom is 0.252 e. The van der Waals surface area contributed by atoms with Crippen molar-refractivity contribution in [1.29, 1.82) is 5.26 Å². The Bertz CT molecular complexity index is 880. The van der Waals surface area contributed by atoms with Gasteiger partial charge in [-0.3, -0.25) is 9.59 Å². The lowest BCUT2D eigenvalue weighted by molar-refractivity contribution is -0.130. The van der Waals surface area contributed by atoms with Crippen LogP contribution in [0.4, 0.5) is 4.39 Å². The number of fused-ring (bicyclic) bond motifs is 1. The number of nitriles is 1. The highest BCUT2D eigenvalue weighted by Crippen LogP contribution is 2.24. The second kappa shape index (κ2) is 7.35. The minimum Gasteiger partial charge on any atom is -0.343 e. The van der Waals surface area contributed by atoms with Crippen LogP contribution in [0.15, 0.2) is 36.4 Å². The molecule has 3 rings (SSSR count). The molecule has 0 spiro atoms.